The Balaban J connectivity index is 2.22. The van der Waals surface area contributed by atoms with E-state index in [4.69, 9.17) is 9.94 Å². The van der Waals surface area contributed by atoms with Gasteiger partial charge in [0.15, 0.2) is 11.6 Å². The Morgan fingerprint density at radius 2 is 1.89 bits per heavy atom. The zero-order valence-corrected chi connectivity index (χ0v) is 10.2. The van der Waals surface area contributed by atoms with E-state index in [1.165, 1.54) is 17.6 Å². The number of aryl methyl sites for hydroxylation is 1. The average Bonchev–Trinajstić information content (AvgIpc) is 2.42. The van der Waals surface area contributed by atoms with Crippen molar-refractivity contribution in [3.63, 3.8) is 0 Å². The SMILES string of the molecule is Cc1ccc(Oc2ccc(C(=O)NO)cc2F)cc1. The summed E-state index contributed by atoms with van der Waals surface area (Å²) in [6, 6.07) is 10.8. The van der Waals surface area contributed by atoms with Gasteiger partial charge in [0.2, 0.25) is 0 Å². The number of rotatable bonds is 3. The van der Waals surface area contributed by atoms with Crippen molar-refractivity contribution < 1.29 is 19.1 Å². The minimum atomic E-state index is -0.777. The van der Waals surface area contributed by atoms with Gasteiger partial charge in [-0.15, -0.1) is 0 Å². The number of carbonyl (C=O) groups is 1. The molecule has 0 fully saturated rings. The summed E-state index contributed by atoms with van der Waals surface area (Å²) < 4.78 is 19.1. The van der Waals surface area contributed by atoms with Crippen LogP contribution >= 0.6 is 0 Å². The molecule has 0 atom stereocenters. The summed E-state index contributed by atoms with van der Waals surface area (Å²) in [6.07, 6.45) is 0. The van der Waals surface area contributed by atoms with E-state index in [0.29, 0.717) is 5.75 Å². The van der Waals surface area contributed by atoms with Crippen LogP contribution in [-0.2, 0) is 0 Å². The van der Waals surface area contributed by atoms with Crippen LogP contribution in [-0.4, -0.2) is 11.1 Å². The van der Waals surface area contributed by atoms with E-state index in [2.05, 4.69) is 0 Å². The van der Waals surface area contributed by atoms with E-state index < -0.39 is 11.7 Å². The van der Waals surface area contributed by atoms with Gasteiger partial charge in [-0.3, -0.25) is 10.0 Å². The second-order valence-electron chi connectivity index (χ2n) is 4.00. The van der Waals surface area contributed by atoms with Gasteiger partial charge in [-0.2, -0.15) is 0 Å². The molecule has 0 aliphatic carbocycles. The lowest BCUT2D eigenvalue weighted by Crippen LogP contribution is -2.18. The predicted octanol–water partition coefficient (Wildman–Crippen LogP) is 3.05. The molecule has 4 nitrogen and oxygen atoms in total. The van der Waals surface area contributed by atoms with Gasteiger partial charge in [0, 0.05) is 5.56 Å². The van der Waals surface area contributed by atoms with Gasteiger partial charge in [0.1, 0.15) is 5.75 Å². The second-order valence-corrected chi connectivity index (χ2v) is 4.00. The molecule has 0 aromatic heterocycles. The molecule has 19 heavy (non-hydrogen) atoms. The van der Waals surface area contributed by atoms with E-state index in [1.807, 2.05) is 19.1 Å². The minimum Gasteiger partial charge on any atom is -0.454 e. The summed E-state index contributed by atoms with van der Waals surface area (Å²) in [5.41, 5.74) is 2.52. The summed E-state index contributed by atoms with van der Waals surface area (Å²) in [7, 11) is 0. The highest BCUT2D eigenvalue weighted by molar-refractivity contribution is 5.93. The van der Waals surface area contributed by atoms with Crippen molar-refractivity contribution >= 4 is 5.91 Å². The van der Waals surface area contributed by atoms with Crippen LogP contribution in [0.1, 0.15) is 15.9 Å². The molecule has 0 aliphatic heterocycles. The molecule has 2 aromatic carbocycles. The third kappa shape index (κ3) is 3.08. The first kappa shape index (κ1) is 13.0. The smallest absolute Gasteiger partial charge is 0.274 e. The number of hydrogen-bond acceptors (Lipinski definition) is 3. The van der Waals surface area contributed by atoms with Crippen molar-refractivity contribution in [1.29, 1.82) is 0 Å². The normalized spacial score (nSPS) is 10.1. The topological polar surface area (TPSA) is 58.6 Å². The Morgan fingerprint density at radius 1 is 1.21 bits per heavy atom. The molecule has 5 heteroatoms. The van der Waals surface area contributed by atoms with Crippen molar-refractivity contribution in [1.82, 2.24) is 5.48 Å². The average molecular weight is 261 g/mol. The molecule has 98 valence electrons. The Bertz CT molecular complexity index is 596. The molecule has 0 bridgehead atoms. The fourth-order valence-electron chi connectivity index (χ4n) is 1.52. The number of amides is 1. The van der Waals surface area contributed by atoms with Crippen LogP contribution < -0.4 is 10.2 Å². The van der Waals surface area contributed by atoms with Crippen LogP contribution in [0.3, 0.4) is 0 Å². The monoisotopic (exact) mass is 261 g/mol. The molecule has 0 saturated heterocycles. The maximum atomic E-state index is 13.7. The Morgan fingerprint density at radius 3 is 2.47 bits per heavy atom. The predicted molar refractivity (Wildman–Crippen MR) is 66.9 cm³/mol. The van der Waals surface area contributed by atoms with E-state index in [-0.39, 0.29) is 11.3 Å². The molecule has 2 rings (SSSR count). The number of carbonyl (C=O) groups excluding carboxylic acids is 1. The first-order chi connectivity index (χ1) is 9.10. The largest absolute Gasteiger partial charge is 0.454 e. The van der Waals surface area contributed by atoms with Crippen molar-refractivity contribution in [2.75, 3.05) is 0 Å². The summed E-state index contributed by atoms with van der Waals surface area (Å²) in [6.45, 7) is 1.94. The molecule has 0 saturated carbocycles. The molecular weight excluding hydrogens is 249 g/mol. The first-order valence-corrected chi connectivity index (χ1v) is 5.58. The molecule has 2 aromatic rings. The summed E-state index contributed by atoms with van der Waals surface area (Å²) >= 11 is 0. The lowest BCUT2D eigenvalue weighted by Gasteiger charge is -2.08. The lowest BCUT2D eigenvalue weighted by atomic mass is 10.2. The van der Waals surface area contributed by atoms with Gasteiger partial charge in [0.25, 0.3) is 5.91 Å². The number of ether oxygens (including phenoxy) is 1. The standard InChI is InChI=1S/C14H12FNO3/c1-9-2-5-11(6-3-9)19-13-7-4-10(8-12(13)15)14(17)16-18/h2-8,18H,1H3,(H,16,17). The molecule has 0 radical (unpaired) electrons. The fraction of sp³-hybridized carbons (Fsp3) is 0.0714. The zero-order valence-electron chi connectivity index (χ0n) is 10.2. The Labute approximate surface area is 109 Å². The fourth-order valence-corrected chi connectivity index (χ4v) is 1.52. The summed E-state index contributed by atoms with van der Waals surface area (Å²) in [5, 5.41) is 8.46. The number of hydroxylamine groups is 1. The van der Waals surface area contributed by atoms with Crippen molar-refractivity contribution in [3.05, 3.63) is 59.4 Å². The van der Waals surface area contributed by atoms with Gasteiger partial charge < -0.3 is 4.74 Å². The van der Waals surface area contributed by atoms with Crippen LogP contribution in [0.5, 0.6) is 11.5 Å². The Kier molecular flexibility index (Phi) is 3.77. The van der Waals surface area contributed by atoms with E-state index >= 15 is 0 Å². The third-order valence-electron chi connectivity index (χ3n) is 2.54. The van der Waals surface area contributed by atoms with E-state index in [9.17, 15) is 9.18 Å². The molecule has 1 amide bonds. The van der Waals surface area contributed by atoms with E-state index in [0.717, 1.165) is 11.6 Å². The number of nitrogens with one attached hydrogen (secondary N) is 1. The van der Waals surface area contributed by atoms with Gasteiger partial charge in [0.05, 0.1) is 0 Å². The Hall–Kier alpha value is -2.40. The highest BCUT2D eigenvalue weighted by Gasteiger charge is 2.10. The van der Waals surface area contributed by atoms with Gasteiger partial charge >= 0.3 is 0 Å². The van der Waals surface area contributed by atoms with E-state index in [1.54, 1.807) is 12.1 Å². The summed E-state index contributed by atoms with van der Waals surface area (Å²) in [5.74, 6) is -0.940. The molecule has 0 unspecified atom stereocenters. The molecule has 0 heterocycles. The van der Waals surface area contributed by atoms with Crippen LogP contribution in [0.4, 0.5) is 4.39 Å². The van der Waals surface area contributed by atoms with Crippen molar-refractivity contribution in [3.8, 4) is 11.5 Å². The van der Waals surface area contributed by atoms with Gasteiger partial charge in [-0.05, 0) is 37.3 Å². The van der Waals surface area contributed by atoms with Crippen molar-refractivity contribution in [2.24, 2.45) is 0 Å². The van der Waals surface area contributed by atoms with Crippen LogP contribution in [0.2, 0.25) is 0 Å². The quantitative estimate of drug-likeness (QED) is 0.659. The highest BCUT2D eigenvalue weighted by atomic mass is 19.1. The minimum absolute atomic E-state index is 0.0104. The second kappa shape index (κ2) is 5.49. The number of halogens is 1. The van der Waals surface area contributed by atoms with Crippen LogP contribution in [0.25, 0.3) is 0 Å². The maximum Gasteiger partial charge on any atom is 0.274 e. The highest BCUT2D eigenvalue weighted by Crippen LogP contribution is 2.25. The third-order valence-corrected chi connectivity index (χ3v) is 2.54. The first-order valence-electron chi connectivity index (χ1n) is 5.58. The van der Waals surface area contributed by atoms with Crippen molar-refractivity contribution in [2.45, 2.75) is 6.92 Å². The molecule has 2 N–H and O–H groups in total. The lowest BCUT2D eigenvalue weighted by molar-refractivity contribution is 0.0706. The maximum absolute atomic E-state index is 13.7. The number of hydrogen-bond donors (Lipinski definition) is 2. The van der Waals surface area contributed by atoms with Gasteiger partial charge in [-0.1, -0.05) is 17.7 Å². The van der Waals surface area contributed by atoms with Gasteiger partial charge in [-0.25, -0.2) is 9.87 Å². The molecular formula is C14H12FNO3. The molecule has 0 spiro atoms. The van der Waals surface area contributed by atoms with Crippen LogP contribution in [0.15, 0.2) is 42.5 Å². The molecule has 0 aliphatic rings. The summed E-state index contributed by atoms with van der Waals surface area (Å²) in [4.78, 5) is 11.1. The number of benzene rings is 2. The zero-order chi connectivity index (χ0) is 13.8. The van der Waals surface area contributed by atoms with Crippen LogP contribution in [0, 0.1) is 12.7 Å².